The highest BCUT2D eigenvalue weighted by Gasteiger charge is 2.50. The van der Waals surface area contributed by atoms with Crippen molar-refractivity contribution in [2.45, 2.75) is 250 Å². The second-order valence-electron chi connectivity index (χ2n) is 23.8. The first-order valence-corrected chi connectivity index (χ1v) is 29.3. The van der Waals surface area contributed by atoms with Crippen LogP contribution in [0.3, 0.4) is 0 Å². The van der Waals surface area contributed by atoms with Crippen LogP contribution in [-0.2, 0) is 28.6 Å². The maximum absolute atomic E-state index is 13.9. The van der Waals surface area contributed by atoms with Gasteiger partial charge in [0.05, 0.1) is 67.0 Å². The molecule has 2 rings (SSSR count). The van der Waals surface area contributed by atoms with Gasteiger partial charge < -0.3 is 86.5 Å². The van der Waals surface area contributed by atoms with Gasteiger partial charge in [0, 0.05) is 57.0 Å². The van der Waals surface area contributed by atoms with Gasteiger partial charge in [-0.3, -0.25) is 19.4 Å². The summed E-state index contributed by atoms with van der Waals surface area (Å²) < 4.78 is 17.6. The molecule has 0 radical (unpaired) electrons. The van der Waals surface area contributed by atoms with Crippen LogP contribution in [0.5, 0.6) is 0 Å². The van der Waals surface area contributed by atoms with Gasteiger partial charge in [-0.15, -0.1) is 0 Å². The number of carboxylic acids is 1. The molecular weight excluding hydrogens is 1040 g/mol. The molecule has 0 aliphatic carbocycles. The summed E-state index contributed by atoms with van der Waals surface area (Å²) in [6.45, 7) is 15.0. The molecule has 80 heavy (non-hydrogen) atoms. The Hall–Kier alpha value is -3.58. The number of unbranched alkanes of at least 4 members (excludes halogenated alkanes) is 2. The third-order valence-corrected chi connectivity index (χ3v) is 16.6. The Bertz CT molecular complexity index is 1910. The van der Waals surface area contributed by atoms with E-state index in [4.69, 9.17) is 19.9 Å². The van der Waals surface area contributed by atoms with Crippen molar-refractivity contribution < 1.29 is 89.9 Å². The molecule has 2 aliphatic rings. The monoisotopic (exact) mass is 1140 g/mol. The topological polar surface area (TPSA) is 372 Å². The summed E-state index contributed by atoms with van der Waals surface area (Å²) in [5, 5.41) is 135. The molecule has 2 bridgehead atoms. The summed E-state index contributed by atoms with van der Waals surface area (Å²) in [7, 11) is 1.63. The number of aliphatic imine (C=N–C) groups is 1. The van der Waals surface area contributed by atoms with Crippen molar-refractivity contribution in [2.24, 2.45) is 58.1 Å². The summed E-state index contributed by atoms with van der Waals surface area (Å²) in [6, 6.07) is 0. The Balaban J connectivity index is 2.41. The Morgan fingerprint density at radius 1 is 0.762 bits per heavy atom. The largest absolute Gasteiger partial charge is 0.481 e. The molecule has 2 aliphatic heterocycles. The van der Waals surface area contributed by atoms with Crippen LogP contribution in [0.25, 0.3) is 0 Å². The van der Waals surface area contributed by atoms with Crippen LogP contribution in [0.2, 0.25) is 0 Å². The number of nitrogens with two attached hydrogens (primary N) is 1. The van der Waals surface area contributed by atoms with Crippen molar-refractivity contribution in [1.29, 1.82) is 0 Å². The molecule has 0 spiro atoms. The van der Waals surface area contributed by atoms with Crippen LogP contribution >= 0.6 is 0 Å². The zero-order valence-corrected chi connectivity index (χ0v) is 49.2. The minimum absolute atomic E-state index is 0.0856. The number of aliphatic hydroxyl groups is 11. The van der Waals surface area contributed by atoms with Crippen molar-refractivity contribution in [1.82, 2.24) is 5.32 Å². The van der Waals surface area contributed by atoms with Gasteiger partial charge in [0.2, 0.25) is 0 Å². The second kappa shape index (κ2) is 36.9. The van der Waals surface area contributed by atoms with Gasteiger partial charge >= 0.3 is 17.9 Å². The Morgan fingerprint density at radius 3 is 2.00 bits per heavy atom. The predicted octanol–water partition coefficient (Wildman–Crippen LogP) is 3.53. The fourth-order valence-corrected chi connectivity index (χ4v) is 10.7. The van der Waals surface area contributed by atoms with E-state index in [0.29, 0.717) is 18.3 Å². The number of nitrogens with one attached hydrogen (secondary N) is 1. The Morgan fingerprint density at radius 2 is 1.36 bits per heavy atom. The van der Waals surface area contributed by atoms with Gasteiger partial charge in [-0.2, -0.15) is 0 Å². The smallest absolute Gasteiger partial charge is 0.317 e. The van der Waals surface area contributed by atoms with Gasteiger partial charge in [-0.1, -0.05) is 91.3 Å². The molecule has 0 unspecified atom stereocenters. The maximum atomic E-state index is 13.9. The van der Waals surface area contributed by atoms with Crippen LogP contribution in [0.15, 0.2) is 41.4 Å². The molecule has 21 nitrogen and oxygen atoms in total. The zero-order valence-electron chi connectivity index (χ0n) is 49.2. The first-order chi connectivity index (χ1) is 37.5. The quantitative estimate of drug-likeness (QED) is 0.0295. The minimum Gasteiger partial charge on any atom is -0.481 e. The highest BCUT2D eigenvalue weighted by Crippen LogP contribution is 2.37. The van der Waals surface area contributed by atoms with E-state index in [-0.39, 0.29) is 63.2 Å². The van der Waals surface area contributed by atoms with E-state index >= 15 is 0 Å². The minimum atomic E-state index is -2.53. The molecule has 0 amide bonds. The van der Waals surface area contributed by atoms with Crippen molar-refractivity contribution in [3.8, 4) is 0 Å². The first kappa shape index (κ1) is 72.5. The molecule has 1 saturated heterocycles. The number of aliphatic hydroxyl groups excluding tert-OH is 10. The molecule has 0 aromatic rings. The summed E-state index contributed by atoms with van der Waals surface area (Å²) >= 11 is 0. The summed E-state index contributed by atoms with van der Waals surface area (Å²) in [4.78, 5) is 41.8. The van der Waals surface area contributed by atoms with E-state index in [9.17, 15) is 75.7 Å². The molecular formula is C59H105N3O18. The van der Waals surface area contributed by atoms with Crippen LogP contribution in [0, 0.1) is 47.3 Å². The highest BCUT2D eigenvalue weighted by atomic mass is 16.7. The third-order valence-electron chi connectivity index (χ3n) is 16.6. The normalized spacial score (nSPS) is 38.7. The lowest BCUT2D eigenvalue weighted by atomic mass is 9.83. The third kappa shape index (κ3) is 26.3. The standard InChI is InChI=1S/C59H105N3O18/c1-34(18-14-12-10-11-13-17-25-62-58(60)61-9)26-38(5)55-37(4)19-15-16-20-45(64)39(6)49(68)28-42(63)27-43(78-54(74)32-53(72)73)29-44-30-51(70)56(75)59(77,80-44)33-52(71)36(3)22-23-46(65)40(7)50(69)31-48(67)35(2)21-24-47(66)41(8)57(76)79-55/h10-11,15-16,19-20,34-52,55-56,63-71,75,77H,12-14,17-18,21-33H2,1-9H3,(H,72,73)(H3,60,61,62)/b11-10+,19-15+,20-16+/t34-,35+,36-,37+,38-,39-,40+,41+,42-,43-,44-,45+,46+,47+,48+,49-,50+,51-,52-,55+,56+,59+/m0/s1. The molecule has 0 aromatic heterocycles. The number of rotatable bonds is 14. The second-order valence-corrected chi connectivity index (χ2v) is 23.8. The number of fused-ring (bicyclic) bond motifs is 2. The van der Waals surface area contributed by atoms with E-state index in [2.05, 4.69) is 29.4 Å². The van der Waals surface area contributed by atoms with Crippen molar-refractivity contribution in [3.63, 3.8) is 0 Å². The molecule has 21 heteroatoms. The number of hydrogen-bond acceptors (Lipinski definition) is 18. The summed E-state index contributed by atoms with van der Waals surface area (Å²) in [5.74, 6) is -9.01. The molecule has 464 valence electrons. The number of nitrogens with zero attached hydrogens (tertiary/aromatic N) is 1. The lowest BCUT2D eigenvalue weighted by Gasteiger charge is -2.45. The number of carbonyl (C=O) groups is 3. The number of carbonyl (C=O) groups excluding carboxylic acids is 2. The van der Waals surface area contributed by atoms with Gasteiger partial charge in [0.15, 0.2) is 11.7 Å². The van der Waals surface area contributed by atoms with Crippen LogP contribution in [-0.4, -0.2) is 184 Å². The van der Waals surface area contributed by atoms with Crippen LogP contribution in [0.4, 0.5) is 0 Å². The van der Waals surface area contributed by atoms with Crippen molar-refractivity contribution in [2.75, 3.05) is 13.6 Å². The zero-order chi connectivity index (χ0) is 60.4. The first-order valence-electron chi connectivity index (χ1n) is 29.3. The number of allylic oxidation sites excluding steroid dienone is 4. The average Bonchev–Trinajstić information content (AvgIpc) is 3.38. The SMILES string of the molecule is CN=C(N)NCCC/C=C/CCC[C@H](C)C[C@H](C)[C@@H]1OC(=O)[C@H](C)[C@H](O)CC[C@@H](C)[C@H](O)C[C@@H](O)[C@H](C)[C@H](O)CC[C@H](C)[C@@H](O)C[C@@]2(O)O[C@@H](C[C@@H](OC(=O)CC(=O)O)C[C@H](O)C[C@H](O)[C@@H](C)[C@H](O)/C=C/C=C/[C@H]1C)C[C@H](O)[C@H]2O. The maximum Gasteiger partial charge on any atom is 0.317 e. The van der Waals surface area contributed by atoms with E-state index in [0.717, 1.165) is 45.1 Å². The van der Waals surface area contributed by atoms with Gasteiger partial charge in [0.25, 0.3) is 0 Å². The van der Waals surface area contributed by atoms with Gasteiger partial charge in [0.1, 0.15) is 24.7 Å². The number of esters is 2. The van der Waals surface area contributed by atoms with E-state index in [1.165, 1.54) is 6.08 Å². The lowest BCUT2D eigenvalue weighted by Crippen LogP contribution is -2.60. The number of carboxylic acid groups (broad SMARTS) is 1. The number of guanidine groups is 1. The fourth-order valence-electron chi connectivity index (χ4n) is 10.7. The van der Waals surface area contributed by atoms with Crippen molar-refractivity contribution >= 4 is 23.9 Å². The number of hydrogen-bond donors (Lipinski definition) is 14. The van der Waals surface area contributed by atoms with E-state index in [1.807, 2.05) is 19.9 Å². The molecule has 0 saturated carbocycles. The Labute approximate surface area is 475 Å². The number of cyclic esters (lactones) is 1. The molecule has 15 N–H and O–H groups in total. The summed E-state index contributed by atoms with van der Waals surface area (Å²) in [5.41, 5.74) is 5.69. The van der Waals surface area contributed by atoms with Crippen molar-refractivity contribution in [3.05, 3.63) is 36.5 Å². The van der Waals surface area contributed by atoms with Gasteiger partial charge in [-0.25, -0.2) is 0 Å². The average molecular weight is 1140 g/mol. The highest BCUT2D eigenvalue weighted by molar-refractivity contribution is 5.90. The molecule has 2 heterocycles. The molecule has 22 atom stereocenters. The lowest BCUT2D eigenvalue weighted by molar-refractivity contribution is -0.333. The predicted molar refractivity (Wildman–Crippen MR) is 302 cm³/mol. The van der Waals surface area contributed by atoms with Crippen LogP contribution in [0.1, 0.15) is 165 Å². The Kier molecular flexibility index (Phi) is 33.4. The van der Waals surface area contributed by atoms with Crippen LogP contribution < -0.4 is 11.1 Å². The molecule has 0 aromatic carbocycles. The summed E-state index contributed by atoms with van der Waals surface area (Å²) in [6.07, 6.45) is -2.09. The fraction of sp³-hybridized carbons (Fsp3) is 0.831. The number of aliphatic carboxylic acids is 1. The van der Waals surface area contributed by atoms with Gasteiger partial charge in [-0.05, 0) is 101 Å². The van der Waals surface area contributed by atoms with E-state index in [1.54, 1.807) is 53.8 Å². The molecule has 1 fully saturated rings. The van der Waals surface area contributed by atoms with E-state index < -0.39 is 145 Å². The number of ether oxygens (including phenoxy) is 3.